The van der Waals surface area contributed by atoms with Crippen LogP contribution in [0.15, 0.2) is 42.7 Å². The fourth-order valence-corrected chi connectivity index (χ4v) is 4.24. The molecule has 0 bridgehead atoms. The maximum absolute atomic E-state index is 13.1. The van der Waals surface area contributed by atoms with Gasteiger partial charge in [-0.25, -0.2) is 4.79 Å². The number of carbonyl (C=O) groups excluding carboxylic acids is 2. The first-order valence-corrected chi connectivity index (χ1v) is 10.6. The van der Waals surface area contributed by atoms with Crippen LogP contribution in [-0.4, -0.2) is 57.9 Å². The van der Waals surface area contributed by atoms with Crippen LogP contribution in [0.1, 0.15) is 26.7 Å². The molecule has 3 amide bonds. The number of pyridine rings is 2. The summed E-state index contributed by atoms with van der Waals surface area (Å²) in [6.45, 7) is 6.46. The minimum absolute atomic E-state index is 0.139. The maximum Gasteiger partial charge on any atom is 0.321 e. The first-order valence-electron chi connectivity index (χ1n) is 10.6. The molecule has 1 N–H and O–H groups in total. The van der Waals surface area contributed by atoms with Crippen LogP contribution in [0.4, 0.5) is 10.5 Å². The molecule has 1 atom stereocenters. The number of rotatable bonds is 4. The van der Waals surface area contributed by atoms with E-state index < -0.39 is 0 Å². The highest BCUT2D eigenvalue weighted by atomic mass is 16.2. The number of nitrogens with zero attached hydrogens (tertiary/aromatic N) is 4. The Balaban J connectivity index is 1.57. The highest BCUT2D eigenvalue weighted by Crippen LogP contribution is 2.29. The van der Waals surface area contributed by atoms with Crippen molar-refractivity contribution >= 4 is 39.4 Å². The quantitative estimate of drug-likeness (QED) is 0.668. The summed E-state index contributed by atoms with van der Waals surface area (Å²) in [6.07, 6.45) is 5.12. The van der Waals surface area contributed by atoms with E-state index >= 15 is 0 Å². The first kappa shape index (κ1) is 20.1. The summed E-state index contributed by atoms with van der Waals surface area (Å²) >= 11 is 0. The third kappa shape index (κ3) is 3.79. The standard InChI is InChI=1S/C23H27N5O2/c1-3-27(4-2)22(29)17-9-7-13-28(15-17)23(30)26-19-14-16-8-5-11-24-20(16)18-10-6-12-25-21(18)19/h5-6,8,10-12,14,17H,3-4,7,9,13,15H2,1-2H3,(H,26,30)/t17-/m1/s1. The van der Waals surface area contributed by atoms with E-state index in [0.717, 1.165) is 29.1 Å². The highest BCUT2D eigenvalue weighted by Gasteiger charge is 2.30. The molecule has 156 valence electrons. The Morgan fingerprint density at radius 1 is 1.13 bits per heavy atom. The molecule has 0 radical (unpaired) electrons. The van der Waals surface area contributed by atoms with Crippen molar-refractivity contribution in [3.8, 4) is 0 Å². The second kappa shape index (κ2) is 8.65. The molecular weight excluding hydrogens is 378 g/mol. The summed E-state index contributed by atoms with van der Waals surface area (Å²) < 4.78 is 0. The maximum atomic E-state index is 13.1. The number of likely N-dealkylation sites (tertiary alicyclic amines) is 1. The van der Waals surface area contributed by atoms with Gasteiger partial charge in [0.2, 0.25) is 5.91 Å². The highest BCUT2D eigenvalue weighted by molar-refractivity contribution is 6.11. The number of carbonyl (C=O) groups is 2. The Bertz CT molecular complexity index is 1080. The molecule has 0 spiro atoms. The number of amides is 3. The molecule has 30 heavy (non-hydrogen) atoms. The summed E-state index contributed by atoms with van der Waals surface area (Å²) in [5.74, 6) is 0.00136. The van der Waals surface area contributed by atoms with Crippen molar-refractivity contribution in [3.05, 3.63) is 42.7 Å². The van der Waals surface area contributed by atoms with Gasteiger partial charge in [-0.2, -0.15) is 0 Å². The lowest BCUT2D eigenvalue weighted by Crippen LogP contribution is -2.48. The van der Waals surface area contributed by atoms with E-state index in [-0.39, 0.29) is 17.9 Å². The predicted octanol–water partition coefficient (Wildman–Crippen LogP) is 3.90. The van der Waals surface area contributed by atoms with Gasteiger partial charge in [0.05, 0.1) is 22.6 Å². The minimum atomic E-state index is -0.192. The van der Waals surface area contributed by atoms with E-state index in [0.29, 0.717) is 37.4 Å². The molecule has 4 rings (SSSR count). The SMILES string of the molecule is CCN(CC)C(=O)[C@@H]1CCCN(C(=O)Nc2cc3cccnc3c3cccnc23)C1. The number of fused-ring (bicyclic) bond motifs is 3. The predicted molar refractivity (Wildman–Crippen MR) is 118 cm³/mol. The van der Waals surface area contributed by atoms with Crippen LogP contribution in [0.25, 0.3) is 21.8 Å². The Labute approximate surface area is 176 Å². The fraction of sp³-hybridized carbons (Fsp3) is 0.391. The number of aromatic nitrogens is 2. The summed E-state index contributed by atoms with van der Waals surface area (Å²) in [5, 5.41) is 4.88. The van der Waals surface area contributed by atoms with Gasteiger partial charge in [0, 0.05) is 49.3 Å². The molecule has 0 aliphatic carbocycles. The molecule has 1 aromatic carbocycles. The van der Waals surface area contributed by atoms with Gasteiger partial charge in [-0.3, -0.25) is 14.8 Å². The minimum Gasteiger partial charge on any atom is -0.343 e. The number of piperidine rings is 1. The molecule has 1 aliphatic heterocycles. The molecular formula is C23H27N5O2. The van der Waals surface area contributed by atoms with Gasteiger partial charge in [-0.1, -0.05) is 6.07 Å². The molecule has 0 saturated carbocycles. The zero-order valence-corrected chi connectivity index (χ0v) is 17.5. The van der Waals surface area contributed by atoms with Crippen molar-refractivity contribution in [1.29, 1.82) is 0 Å². The molecule has 3 aromatic rings. The first-order chi connectivity index (χ1) is 14.6. The van der Waals surface area contributed by atoms with Gasteiger partial charge in [0.15, 0.2) is 0 Å². The normalized spacial score (nSPS) is 16.6. The van der Waals surface area contributed by atoms with E-state index in [4.69, 9.17) is 0 Å². The Hall–Kier alpha value is -3.22. The zero-order valence-electron chi connectivity index (χ0n) is 17.5. The van der Waals surface area contributed by atoms with Gasteiger partial charge in [-0.15, -0.1) is 0 Å². The van der Waals surface area contributed by atoms with E-state index in [9.17, 15) is 9.59 Å². The van der Waals surface area contributed by atoms with Crippen molar-refractivity contribution in [3.63, 3.8) is 0 Å². The van der Waals surface area contributed by atoms with Gasteiger partial charge in [-0.05, 0) is 51.0 Å². The van der Waals surface area contributed by atoms with Crippen molar-refractivity contribution in [2.24, 2.45) is 5.92 Å². The van der Waals surface area contributed by atoms with Gasteiger partial charge < -0.3 is 15.1 Å². The molecule has 7 heteroatoms. The van der Waals surface area contributed by atoms with E-state index in [1.807, 2.05) is 49.1 Å². The van der Waals surface area contributed by atoms with Gasteiger partial charge in [0.25, 0.3) is 0 Å². The smallest absolute Gasteiger partial charge is 0.321 e. The molecule has 1 saturated heterocycles. The Morgan fingerprint density at radius 3 is 2.63 bits per heavy atom. The summed E-state index contributed by atoms with van der Waals surface area (Å²) in [7, 11) is 0. The molecule has 3 heterocycles. The van der Waals surface area contributed by atoms with Crippen LogP contribution >= 0.6 is 0 Å². The number of hydrogen-bond acceptors (Lipinski definition) is 4. The third-order valence-corrected chi connectivity index (χ3v) is 5.83. The number of benzene rings is 1. The van der Waals surface area contributed by atoms with Gasteiger partial charge >= 0.3 is 6.03 Å². The van der Waals surface area contributed by atoms with E-state index in [1.54, 1.807) is 17.3 Å². The van der Waals surface area contributed by atoms with Crippen molar-refractivity contribution < 1.29 is 9.59 Å². The Kier molecular flexibility index (Phi) is 5.79. The number of urea groups is 1. The largest absolute Gasteiger partial charge is 0.343 e. The number of hydrogen-bond donors (Lipinski definition) is 1. The summed E-state index contributed by atoms with van der Waals surface area (Å²) in [5.41, 5.74) is 2.24. The van der Waals surface area contributed by atoms with Crippen LogP contribution in [-0.2, 0) is 4.79 Å². The zero-order chi connectivity index (χ0) is 21.1. The molecule has 2 aromatic heterocycles. The lowest BCUT2D eigenvalue weighted by Gasteiger charge is -2.34. The van der Waals surface area contributed by atoms with E-state index in [1.165, 1.54) is 0 Å². The monoisotopic (exact) mass is 405 g/mol. The van der Waals surface area contributed by atoms with Crippen molar-refractivity contribution in [1.82, 2.24) is 19.8 Å². The average molecular weight is 406 g/mol. The second-order valence-corrected chi connectivity index (χ2v) is 7.62. The van der Waals surface area contributed by atoms with Crippen LogP contribution in [0, 0.1) is 5.92 Å². The fourth-order valence-electron chi connectivity index (χ4n) is 4.24. The summed E-state index contributed by atoms with van der Waals surface area (Å²) in [6, 6.07) is 9.41. The average Bonchev–Trinajstić information content (AvgIpc) is 2.80. The number of nitrogens with one attached hydrogen (secondary N) is 1. The lowest BCUT2D eigenvalue weighted by atomic mass is 9.96. The molecule has 1 aliphatic rings. The lowest BCUT2D eigenvalue weighted by molar-refractivity contribution is -0.136. The molecule has 0 unspecified atom stereocenters. The molecule has 1 fully saturated rings. The van der Waals surface area contributed by atoms with E-state index in [2.05, 4.69) is 15.3 Å². The van der Waals surface area contributed by atoms with Crippen LogP contribution in [0.2, 0.25) is 0 Å². The summed E-state index contributed by atoms with van der Waals surface area (Å²) in [4.78, 5) is 38.4. The third-order valence-electron chi connectivity index (χ3n) is 5.83. The van der Waals surface area contributed by atoms with Gasteiger partial charge in [0.1, 0.15) is 0 Å². The topological polar surface area (TPSA) is 78.4 Å². The van der Waals surface area contributed by atoms with Crippen molar-refractivity contribution in [2.45, 2.75) is 26.7 Å². The van der Waals surface area contributed by atoms with Crippen LogP contribution in [0.5, 0.6) is 0 Å². The van der Waals surface area contributed by atoms with Crippen LogP contribution in [0.3, 0.4) is 0 Å². The molecule has 7 nitrogen and oxygen atoms in total. The Morgan fingerprint density at radius 2 is 1.87 bits per heavy atom. The van der Waals surface area contributed by atoms with Crippen molar-refractivity contribution in [2.75, 3.05) is 31.5 Å². The number of anilines is 1. The second-order valence-electron chi connectivity index (χ2n) is 7.62. The van der Waals surface area contributed by atoms with Crippen LogP contribution < -0.4 is 5.32 Å².